The van der Waals surface area contributed by atoms with E-state index in [1.54, 1.807) is 42.2 Å². The molecule has 184 valence electrons. The fraction of sp³-hybridized carbons (Fsp3) is 0.0833. The normalized spacial score (nSPS) is 11.0. The van der Waals surface area contributed by atoms with Gasteiger partial charge in [-0.1, -0.05) is 11.6 Å². The van der Waals surface area contributed by atoms with Crippen LogP contribution in [-0.2, 0) is 13.6 Å². The van der Waals surface area contributed by atoms with Crippen LogP contribution in [0.25, 0.3) is 16.6 Å². The van der Waals surface area contributed by atoms with Crippen molar-refractivity contribution < 1.29 is 8.78 Å². The van der Waals surface area contributed by atoms with Gasteiger partial charge in [0.1, 0.15) is 6.07 Å². The molecule has 0 saturated carbocycles. The molecule has 0 bridgehead atoms. The fourth-order valence-corrected chi connectivity index (χ4v) is 4.00. The molecule has 3 aromatic heterocycles. The van der Waals surface area contributed by atoms with Crippen LogP contribution in [0.1, 0.15) is 11.1 Å². The number of fused-ring (bicyclic) bond motifs is 1. The van der Waals surface area contributed by atoms with Crippen molar-refractivity contribution in [1.82, 2.24) is 28.9 Å². The van der Waals surface area contributed by atoms with Gasteiger partial charge in [0.25, 0.3) is 0 Å². The monoisotopic (exact) mass is 520 g/mol. The summed E-state index contributed by atoms with van der Waals surface area (Å²) in [4.78, 5) is 34.4. The number of rotatable bonds is 5. The maximum atomic E-state index is 14.1. The highest BCUT2D eigenvalue weighted by molar-refractivity contribution is 6.30. The standard InChI is InChI=1S/C24H15ClF2N8O2/c1-33-12-15-6-17(2-3-20(15)32-33)30-22-31-23(36)35(18-7-16(25)9-29-10-18)24(37)34(22)11-13-4-14(8-28)21(27)19(26)5-13/h2-7,9-10,12H,11H2,1H3,(H,30,31,36). The minimum Gasteiger partial charge on any atom is -0.325 e. The quantitative estimate of drug-likeness (QED) is 0.377. The average molecular weight is 521 g/mol. The van der Waals surface area contributed by atoms with Gasteiger partial charge in [-0.05, 0) is 42.0 Å². The van der Waals surface area contributed by atoms with Gasteiger partial charge in [0, 0.05) is 30.5 Å². The van der Waals surface area contributed by atoms with Crippen LogP contribution in [0.15, 0.2) is 64.6 Å². The van der Waals surface area contributed by atoms with Crippen molar-refractivity contribution in [2.75, 3.05) is 5.32 Å². The average Bonchev–Trinajstić information content (AvgIpc) is 3.23. The summed E-state index contributed by atoms with van der Waals surface area (Å²) in [5.41, 5.74) is -0.913. The topological polar surface area (TPSA) is 123 Å². The summed E-state index contributed by atoms with van der Waals surface area (Å²) in [5.74, 6) is -2.71. The molecular weight excluding hydrogens is 506 g/mol. The van der Waals surface area contributed by atoms with Crippen LogP contribution in [0, 0.1) is 23.0 Å². The number of halogens is 3. The Kier molecular flexibility index (Phi) is 5.98. The maximum absolute atomic E-state index is 14.1. The molecule has 13 heteroatoms. The van der Waals surface area contributed by atoms with Gasteiger partial charge in [0.15, 0.2) is 11.6 Å². The summed E-state index contributed by atoms with van der Waals surface area (Å²) in [5, 5.41) is 17.4. The number of nitrogens with one attached hydrogen (secondary N) is 1. The zero-order valence-electron chi connectivity index (χ0n) is 19.0. The molecule has 0 spiro atoms. The summed E-state index contributed by atoms with van der Waals surface area (Å²) in [7, 11) is 1.77. The van der Waals surface area contributed by atoms with Crippen molar-refractivity contribution in [3.05, 3.63) is 104 Å². The van der Waals surface area contributed by atoms with Crippen LogP contribution in [0.4, 0.5) is 20.4 Å². The third kappa shape index (κ3) is 4.55. The van der Waals surface area contributed by atoms with Gasteiger partial charge in [-0.15, -0.1) is 0 Å². The maximum Gasteiger partial charge on any atom is 0.359 e. The van der Waals surface area contributed by atoms with Crippen LogP contribution in [0.5, 0.6) is 0 Å². The van der Waals surface area contributed by atoms with E-state index in [2.05, 4.69) is 20.4 Å². The minimum absolute atomic E-state index is 0.0649. The molecule has 1 N–H and O–H groups in total. The Balaban J connectivity index is 1.68. The predicted octanol–water partition coefficient (Wildman–Crippen LogP) is 3.27. The molecule has 5 aromatic rings. The third-order valence-corrected chi connectivity index (χ3v) is 5.65. The van der Waals surface area contributed by atoms with Gasteiger partial charge >= 0.3 is 11.4 Å². The molecule has 0 radical (unpaired) electrons. The molecule has 0 aliphatic heterocycles. The van der Waals surface area contributed by atoms with Crippen molar-refractivity contribution in [1.29, 1.82) is 5.26 Å². The number of nitriles is 1. The first kappa shape index (κ1) is 23.8. The van der Waals surface area contributed by atoms with Gasteiger partial charge in [-0.2, -0.15) is 15.3 Å². The number of pyridine rings is 1. The van der Waals surface area contributed by atoms with Crippen molar-refractivity contribution in [3.8, 4) is 11.8 Å². The molecule has 0 amide bonds. The van der Waals surface area contributed by atoms with E-state index in [0.29, 0.717) is 5.69 Å². The Morgan fingerprint density at radius 1 is 1.14 bits per heavy atom. The smallest absolute Gasteiger partial charge is 0.325 e. The molecule has 2 aromatic carbocycles. The molecular formula is C24H15ClF2N8O2. The van der Waals surface area contributed by atoms with E-state index in [0.717, 1.165) is 32.2 Å². The summed E-state index contributed by atoms with van der Waals surface area (Å²) >= 11 is 5.99. The molecule has 10 nitrogen and oxygen atoms in total. The number of benzene rings is 2. The van der Waals surface area contributed by atoms with E-state index >= 15 is 0 Å². The lowest BCUT2D eigenvalue weighted by Gasteiger charge is -2.16. The highest BCUT2D eigenvalue weighted by Gasteiger charge is 2.18. The lowest BCUT2D eigenvalue weighted by Crippen LogP contribution is -2.41. The molecule has 0 unspecified atom stereocenters. The fourth-order valence-electron chi connectivity index (χ4n) is 3.83. The molecule has 0 atom stereocenters. The SMILES string of the molecule is Cn1cc2cc(Nc3nc(=O)n(-c4cncc(Cl)c4)c(=O)n3Cc3cc(F)c(F)c(C#N)c3)ccc2n1. The number of hydrogen-bond donors (Lipinski definition) is 1. The second kappa shape index (κ2) is 9.29. The Hall–Kier alpha value is -4.89. The summed E-state index contributed by atoms with van der Waals surface area (Å²) in [6.07, 6.45) is 4.38. The van der Waals surface area contributed by atoms with Crippen LogP contribution >= 0.6 is 11.6 Å². The summed E-state index contributed by atoms with van der Waals surface area (Å²) in [6.45, 7) is -0.344. The zero-order valence-corrected chi connectivity index (χ0v) is 19.7. The molecule has 0 aliphatic rings. The zero-order chi connectivity index (χ0) is 26.3. The van der Waals surface area contributed by atoms with Crippen LogP contribution in [-0.4, -0.2) is 28.9 Å². The highest BCUT2D eigenvalue weighted by Crippen LogP contribution is 2.21. The lowest BCUT2D eigenvalue weighted by molar-refractivity contribution is 0.503. The molecule has 0 aliphatic carbocycles. The largest absolute Gasteiger partial charge is 0.359 e. The molecule has 5 rings (SSSR count). The summed E-state index contributed by atoms with van der Waals surface area (Å²) in [6, 6.07) is 10.1. The highest BCUT2D eigenvalue weighted by atomic mass is 35.5. The van der Waals surface area contributed by atoms with Crippen molar-refractivity contribution in [3.63, 3.8) is 0 Å². The Labute approximate surface area is 211 Å². The van der Waals surface area contributed by atoms with Gasteiger partial charge in [0.2, 0.25) is 5.95 Å². The Morgan fingerprint density at radius 3 is 2.70 bits per heavy atom. The van der Waals surface area contributed by atoms with Gasteiger partial charge in [-0.25, -0.2) is 22.9 Å². The number of nitrogens with zero attached hydrogens (tertiary/aromatic N) is 7. The predicted molar refractivity (Wildman–Crippen MR) is 131 cm³/mol. The van der Waals surface area contributed by atoms with Gasteiger partial charge in [-0.3, -0.25) is 14.2 Å². The van der Waals surface area contributed by atoms with Crippen LogP contribution in [0.3, 0.4) is 0 Å². The number of anilines is 2. The van der Waals surface area contributed by atoms with E-state index < -0.39 is 28.6 Å². The number of aryl methyl sites for hydroxylation is 1. The Bertz CT molecular complexity index is 1860. The van der Waals surface area contributed by atoms with Crippen molar-refractivity contribution in [2.24, 2.45) is 7.05 Å². The van der Waals surface area contributed by atoms with Crippen LogP contribution in [0.2, 0.25) is 5.02 Å². The first-order chi connectivity index (χ1) is 17.7. The number of hydrogen-bond acceptors (Lipinski definition) is 7. The first-order valence-electron chi connectivity index (χ1n) is 10.7. The lowest BCUT2D eigenvalue weighted by atomic mass is 10.1. The molecule has 3 heterocycles. The molecule has 0 saturated heterocycles. The van der Waals surface area contributed by atoms with E-state index in [1.165, 1.54) is 18.5 Å². The van der Waals surface area contributed by atoms with E-state index in [1.807, 2.05) is 0 Å². The Morgan fingerprint density at radius 2 is 1.95 bits per heavy atom. The minimum atomic E-state index is -1.30. The first-order valence-corrected chi connectivity index (χ1v) is 11.0. The molecule has 37 heavy (non-hydrogen) atoms. The molecule has 0 fully saturated rings. The second-order valence-electron chi connectivity index (χ2n) is 8.04. The van der Waals surface area contributed by atoms with E-state index in [9.17, 15) is 18.4 Å². The van der Waals surface area contributed by atoms with Crippen molar-refractivity contribution in [2.45, 2.75) is 6.54 Å². The number of aromatic nitrogens is 6. The van der Waals surface area contributed by atoms with Gasteiger partial charge in [0.05, 0.1) is 34.5 Å². The van der Waals surface area contributed by atoms with E-state index in [4.69, 9.17) is 16.9 Å². The van der Waals surface area contributed by atoms with Gasteiger partial charge < -0.3 is 5.32 Å². The van der Waals surface area contributed by atoms with Crippen molar-refractivity contribution >= 4 is 34.1 Å². The third-order valence-electron chi connectivity index (χ3n) is 5.44. The second-order valence-corrected chi connectivity index (χ2v) is 8.47. The van der Waals surface area contributed by atoms with E-state index in [-0.39, 0.29) is 28.8 Å². The summed E-state index contributed by atoms with van der Waals surface area (Å²) < 4.78 is 31.5. The van der Waals surface area contributed by atoms with Crippen LogP contribution < -0.4 is 16.7 Å².